The van der Waals surface area contributed by atoms with E-state index < -0.39 is 17.4 Å². The highest BCUT2D eigenvalue weighted by Crippen LogP contribution is 2.29. The molecule has 0 saturated carbocycles. The monoisotopic (exact) mass is 328 g/mol. The second-order valence-electron chi connectivity index (χ2n) is 5.56. The summed E-state index contributed by atoms with van der Waals surface area (Å²) < 4.78 is 10.6. The first kappa shape index (κ1) is 17.7. The summed E-state index contributed by atoms with van der Waals surface area (Å²) in [6.07, 6.45) is 0.408. The van der Waals surface area contributed by atoms with Gasteiger partial charge in [0.25, 0.3) is 0 Å². The van der Waals surface area contributed by atoms with E-state index in [-0.39, 0.29) is 19.4 Å². The van der Waals surface area contributed by atoms with Gasteiger partial charge < -0.3 is 14.6 Å². The van der Waals surface area contributed by atoms with Crippen LogP contribution in [0.4, 0.5) is 0 Å². The van der Waals surface area contributed by atoms with Crippen LogP contribution >= 0.6 is 0 Å². The van der Waals surface area contributed by atoms with Crippen LogP contribution in [-0.4, -0.2) is 23.7 Å². The van der Waals surface area contributed by atoms with Crippen molar-refractivity contribution in [3.05, 3.63) is 60.7 Å². The molecular weight excluding hydrogens is 308 g/mol. The van der Waals surface area contributed by atoms with Crippen molar-refractivity contribution >= 4 is 11.9 Å². The Hall–Kier alpha value is -2.66. The molecule has 5 heteroatoms. The molecule has 0 aliphatic rings. The van der Waals surface area contributed by atoms with Crippen LogP contribution in [0.5, 0.6) is 11.5 Å². The van der Waals surface area contributed by atoms with Gasteiger partial charge in [0.05, 0.1) is 0 Å². The minimum absolute atomic E-state index is 0.126. The number of para-hydroxylation sites is 2. The van der Waals surface area contributed by atoms with Crippen molar-refractivity contribution in [2.24, 2.45) is 5.41 Å². The fourth-order valence-electron chi connectivity index (χ4n) is 2.14. The summed E-state index contributed by atoms with van der Waals surface area (Å²) in [5, 5.41) is 9.07. The van der Waals surface area contributed by atoms with Gasteiger partial charge >= 0.3 is 11.9 Å². The van der Waals surface area contributed by atoms with Crippen LogP contribution in [0.3, 0.4) is 0 Å². The van der Waals surface area contributed by atoms with E-state index in [0.29, 0.717) is 11.5 Å². The smallest absolute Gasteiger partial charge is 0.328 e. The number of hydrogen-bond donors (Lipinski definition) is 1. The minimum atomic E-state index is -1.51. The number of carbonyl (C=O) groups is 2. The molecule has 2 aromatic rings. The molecule has 0 radical (unpaired) electrons. The molecule has 0 aliphatic carbocycles. The molecule has 0 fully saturated rings. The molecule has 126 valence electrons. The SMILES string of the molecule is CC(CCCO)(C(=O)Oc1ccccc1)C(=O)Oc1ccccc1. The summed E-state index contributed by atoms with van der Waals surface area (Å²) in [5.41, 5.74) is -1.51. The van der Waals surface area contributed by atoms with Crippen LogP contribution in [0.2, 0.25) is 0 Å². The lowest BCUT2D eigenvalue weighted by Gasteiger charge is -2.24. The number of benzene rings is 2. The molecule has 0 saturated heterocycles. The molecular formula is C19H20O5. The third kappa shape index (κ3) is 4.43. The first-order chi connectivity index (χ1) is 11.6. The van der Waals surface area contributed by atoms with Crippen molar-refractivity contribution in [3.63, 3.8) is 0 Å². The highest BCUT2D eigenvalue weighted by Gasteiger charge is 2.44. The molecule has 0 bridgehead atoms. The fraction of sp³-hybridized carbons (Fsp3) is 0.263. The Morgan fingerprint density at radius 3 is 1.67 bits per heavy atom. The number of hydrogen-bond acceptors (Lipinski definition) is 5. The molecule has 0 aromatic heterocycles. The van der Waals surface area contributed by atoms with Crippen LogP contribution in [-0.2, 0) is 9.59 Å². The van der Waals surface area contributed by atoms with Gasteiger partial charge in [-0.2, -0.15) is 0 Å². The molecule has 2 rings (SSSR count). The Labute approximate surface area is 140 Å². The van der Waals surface area contributed by atoms with Crippen LogP contribution in [0, 0.1) is 5.41 Å². The first-order valence-electron chi connectivity index (χ1n) is 7.72. The molecule has 0 atom stereocenters. The second kappa shape index (κ2) is 8.26. The minimum Gasteiger partial charge on any atom is -0.426 e. The van der Waals surface area contributed by atoms with Crippen LogP contribution < -0.4 is 9.47 Å². The highest BCUT2D eigenvalue weighted by atomic mass is 16.6. The summed E-state index contributed by atoms with van der Waals surface area (Å²) in [7, 11) is 0. The molecule has 0 aliphatic heterocycles. The third-order valence-electron chi connectivity index (χ3n) is 3.64. The van der Waals surface area contributed by atoms with Gasteiger partial charge in [0.1, 0.15) is 11.5 Å². The Bertz CT molecular complexity index is 613. The van der Waals surface area contributed by atoms with E-state index in [1.165, 1.54) is 6.92 Å². The molecule has 5 nitrogen and oxygen atoms in total. The Kier molecular flexibility index (Phi) is 6.09. The summed E-state index contributed by atoms with van der Waals surface area (Å²) >= 11 is 0. The van der Waals surface area contributed by atoms with Crippen molar-refractivity contribution < 1.29 is 24.2 Å². The van der Waals surface area contributed by atoms with Crippen molar-refractivity contribution in [1.82, 2.24) is 0 Å². The van der Waals surface area contributed by atoms with Crippen LogP contribution in [0.1, 0.15) is 19.8 Å². The van der Waals surface area contributed by atoms with E-state index in [1.807, 2.05) is 0 Å². The summed E-state index contributed by atoms with van der Waals surface area (Å²) in [5.74, 6) is -0.707. The van der Waals surface area contributed by atoms with Crippen molar-refractivity contribution in [3.8, 4) is 11.5 Å². The molecule has 0 heterocycles. The normalized spacial score (nSPS) is 10.9. The zero-order chi connectivity index (χ0) is 17.4. The lowest BCUT2D eigenvalue weighted by Crippen LogP contribution is -2.42. The lowest BCUT2D eigenvalue weighted by atomic mass is 9.85. The van der Waals surface area contributed by atoms with Crippen molar-refractivity contribution in [2.75, 3.05) is 6.61 Å². The highest BCUT2D eigenvalue weighted by molar-refractivity contribution is 6.01. The number of carbonyl (C=O) groups excluding carboxylic acids is 2. The number of ether oxygens (including phenoxy) is 2. The zero-order valence-corrected chi connectivity index (χ0v) is 13.5. The van der Waals surface area contributed by atoms with Gasteiger partial charge in [0.15, 0.2) is 5.41 Å². The average Bonchev–Trinajstić information content (AvgIpc) is 2.61. The van der Waals surface area contributed by atoms with E-state index in [0.717, 1.165) is 0 Å². The quantitative estimate of drug-likeness (QED) is 0.480. The van der Waals surface area contributed by atoms with Gasteiger partial charge in [-0.25, -0.2) is 0 Å². The Morgan fingerprint density at radius 1 is 0.875 bits per heavy atom. The number of esters is 2. The van der Waals surface area contributed by atoms with Gasteiger partial charge in [0.2, 0.25) is 0 Å². The number of aliphatic hydroxyl groups is 1. The summed E-state index contributed by atoms with van der Waals surface area (Å²) in [4.78, 5) is 25.1. The van der Waals surface area contributed by atoms with Gasteiger partial charge in [0, 0.05) is 6.61 Å². The maximum Gasteiger partial charge on any atom is 0.328 e. The average molecular weight is 328 g/mol. The maximum absolute atomic E-state index is 12.6. The molecule has 0 amide bonds. The van der Waals surface area contributed by atoms with Gasteiger partial charge in [-0.15, -0.1) is 0 Å². The van der Waals surface area contributed by atoms with Crippen LogP contribution in [0.15, 0.2) is 60.7 Å². The van der Waals surface area contributed by atoms with E-state index in [2.05, 4.69) is 0 Å². The molecule has 24 heavy (non-hydrogen) atoms. The molecule has 1 N–H and O–H groups in total. The second-order valence-corrected chi connectivity index (χ2v) is 5.56. The molecule has 0 unspecified atom stereocenters. The largest absolute Gasteiger partial charge is 0.426 e. The summed E-state index contributed by atoms with van der Waals surface area (Å²) in [6, 6.07) is 17.1. The van der Waals surface area contributed by atoms with Gasteiger partial charge in [-0.1, -0.05) is 36.4 Å². The van der Waals surface area contributed by atoms with Crippen molar-refractivity contribution in [2.45, 2.75) is 19.8 Å². The van der Waals surface area contributed by atoms with Gasteiger partial charge in [-0.05, 0) is 44.0 Å². The van der Waals surface area contributed by atoms with Crippen LogP contribution in [0.25, 0.3) is 0 Å². The number of aliphatic hydroxyl groups excluding tert-OH is 1. The topological polar surface area (TPSA) is 72.8 Å². The predicted octanol–water partition coefficient (Wildman–Crippen LogP) is 2.98. The lowest BCUT2D eigenvalue weighted by molar-refractivity contribution is -0.160. The fourth-order valence-corrected chi connectivity index (χ4v) is 2.14. The van der Waals surface area contributed by atoms with E-state index in [9.17, 15) is 9.59 Å². The van der Waals surface area contributed by atoms with E-state index in [4.69, 9.17) is 14.6 Å². The van der Waals surface area contributed by atoms with Crippen molar-refractivity contribution in [1.29, 1.82) is 0 Å². The number of rotatable bonds is 7. The Morgan fingerprint density at radius 2 is 1.29 bits per heavy atom. The molecule has 2 aromatic carbocycles. The summed E-state index contributed by atoms with van der Waals surface area (Å²) in [6.45, 7) is 1.34. The van der Waals surface area contributed by atoms with E-state index in [1.54, 1.807) is 60.7 Å². The Balaban J connectivity index is 2.17. The standard InChI is InChI=1S/C19H20O5/c1-19(13-8-14-20,17(21)23-15-9-4-2-5-10-15)18(22)24-16-11-6-3-7-12-16/h2-7,9-12,20H,8,13-14H2,1H3. The maximum atomic E-state index is 12.6. The molecule has 0 spiro atoms. The first-order valence-corrected chi connectivity index (χ1v) is 7.72. The van der Waals surface area contributed by atoms with Gasteiger partial charge in [-0.3, -0.25) is 9.59 Å². The van der Waals surface area contributed by atoms with E-state index >= 15 is 0 Å². The zero-order valence-electron chi connectivity index (χ0n) is 13.5. The predicted molar refractivity (Wildman–Crippen MR) is 88.6 cm³/mol. The third-order valence-corrected chi connectivity index (χ3v) is 3.64.